The number of carbonyl (C=O) groups is 1. The molecule has 0 spiro atoms. The standard InChI is InChI=1S/C26H23F3N4OS/c1-17-12-13-22(18(2)14-17)33-23(15-19-8-4-3-5-9-19)31-32-25(33)35-16-24(34)30-21-11-7-6-10-20(21)26(27,28)29/h3-14H,15-16H2,1-2H3,(H,30,34). The van der Waals surface area contributed by atoms with E-state index in [9.17, 15) is 18.0 Å². The van der Waals surface area contributed by atoms with Gasteiger partial charge in [0.1, 0.15) is 5.82 Å². The fraction of sp³-hybridized carbons (Fsp3) is 0.192. The van der Waals surface area contributed by atoms with Gasteiger partial charge in [-0.25, -0.2) is 0 Å². The SMILES string of the molecule is Cc1ccc(-n2c(Cc3ccccc3)nnc2SCC(=O)Nc2ccccc2C(F)(F)F)c(C)c1. The van der Waals surface area contributed by atoms with E-state index >= 15 is 0 Å². The van der Waals surface area contributed by atoms with Crippen LogP contribution in [0.15, 0.2) is 78.0 Å². The van der Waals surface area contributed by atoms with Gasteiger partial charge in [0.25, 0.3) is 0 Å². The zero-order valence-corrected chi connectivity index (χ0v) is 20.0. The Hall–Kier alpha value is -3.59. The Labute approximate surface area is 205 Å². The second-order valence-corrected chi connectivity index (χ2v) is 9.01. The predicted octanol–water partition coefficient (Wildman–Crippen LogP) is 6.22. The fourth-order valence-electron chi connectivity index (χ4n) is 3.74. The van der Waals surface area contributed by atoms with Crippen molar-refractivity contribution in [3.8, 4) is 5.69 Å². The molecule has 1 amide bonds. The van der Waals surface area contributed by atoms with Gasteiger partial charge < -0.3 is 5.32 Å². The van der Waals surface area contributed by atoms with E-state index in [1.165, 1.54) is 18.2 Å². The number of aromatic nitrogens is 3. The molecule has 1 aromatic heterocycles. The molecule has 9 heteroatoms. The van der Waals surface area contributed by atoms with Crippen LogP contribution in [0.4, 0.5) is 18.9 Å². The number of nitrogens with one attached hydrogen (secondary N) is 1. The summed E-state index contributed by atoms with van der Waals surface area (Å²) < 4.78 is 41.7. The lowest BCUT2D eigenvalue weighted by Crippen LogP contribution is -2.18. The first-order chi connectivity index (χ1) is 16.7. The van der Waals surface area contributed by atoms with Crippen LogP contribution in [0.1, 0.15) is 28.1 Å². The number of thioether (sulfide) groups is 1. The first kappa shape index (κ1) is 24.5. The van der Waals surface area contributed by atoms with E-state index in [2.05, 4.69) is 21.6 Å². The van der Waals surface area contributed by atoms with Gasteiger partial charge in [-0.05, 0) is 43.2 Å². The summed E-state index contributed by atoms with van der Waals surface area (Å²) in [6, 6.07) is 20.8. The number of carbonyl (C=O) groups excluding carboxylic acids is 1. The van der Waals surface area contributed by atoms with Crippen LogP contribution in [-0.2, 0) is 17.4 Å². The summed E-state index contributed by atoms with van der Waals surface area (Å²) in [5, 5.41) is 11.5. The zero-order chi connectivity index (χ0) is 25.0. The molecule has 4 rings (SSSR count). The van der Waals surface area contributed by atoms with Gasteiger partial charge in [-0.1, -0.05) is 71.9 Å². The molecule has 0 saturated heterocycles. The van der Waals surface area contributed by atoms with Gasteiger partial charge >= 0.3 is 6.18 Å². The smallest absolute Gasteiger partial charge is 0.325 e. The Morgan fingerprint density at radius 3 is 2.40 bits per heavy atom. The van der Waals surface area contributed by atoms with Gasteiger partial charge in [-0.3, -0.25) is 9.36 Å². The Bertz CT molecular complexity index is 1340. The third kappa shape index (κ3) is 5.92. The van der Waals surface area contributed by atoms with E-state index in [0.29, 0.717) is 17.4 Å². The molecule has 1 N–H and O–H groups in total. The molecular formula is C26H23F3N4OS. The van der Waals surface area contributed by atoms with Crippen molar-refractivity contribution in [1.82, 2.24) is 14.8 Å². The van der Waals surface area contributed by atoms with Gasteiger partial charge in [0, 0.05) is 6.42 Å². The number of halogens is 3. The van der Waals surface area contributed by atoms with Crippen LogP contribution < -0.4 is 5.32 Å². The number of nitrogens with zero attached hydrogens (tertiary/aromatic N) is 3. The topological polar surface area (TPSA) is 59.8 Å². The van der Waals surface area contributed by atoms with Gasteiger partial charge in [0.2, 0.25) is 5.91 Å². The molecule has 35 heavy (non-hydrogen) atoms. The second kappa shape index (κ2) is 10.4. The normalized spacial score (nSPS) is 11.5. The van der Waals surface area contributed by atoms with Gasteiger partial charge in [0.15, 0.2) is 5.16 Å². The van der Waals surface area contributed by atoms with Crippen LogP contribution in [-0.4, -0.2) is 26.4 Å². The molecule has 5 nitrogen and oxygen atoms in total. The number of amides is 1. The zero-order valence-electron chi connectivity index (χ0n) is 19.1. The maximum Gasteiger partial charge on any atom is 0.418 e. The van der Waals surface area contributed by atoms with Crippen molar-refractivity contribution in [3.05, 3.63) is 101 Å². The van der Waals surface area contributed by atoms with Gasteiger partial charge in [-0.15, -0.1) is 10.2 Å². The summed E-state index contributed by atoms with van der Waals surface area (Å²) in [6.45, 7) is 4.00. The number of hydrogen-bond acceptors (Lipinski definition) is 4. The molecule has 180 valence electrons. The molecule has 0 saturated carbocycles. The summed E-state index contributed by atoms with van der Waals surface area (Å²) in [5.74, 6) is 0.0144. The molecule has 0 radical (unpaired) electrons. The maximum absolute atomic E-state index is 13.3. The van der Waals surface area contributed by atoms with Crippen LogP contribution >= 0.6 is 11.8 Å². The molecule has 0 aliphatic heterocycles. The minimum absolute atomic E-state index is 0.124. The van der Waals surface area contributed by atoms with Crippen molar-refractivity contribution < 1.29 is 18.0 Å². The van der Waals surface area contributed by atoms with Crippen molar-refractivity contribution >= 4 is 23.4 Å². The molecule has 0 fully saturated rings. The van der Waals surface area contributed by atoms with E-state index in [1.54, 1.807) is 0 Å². The van der Waals surface area contributed by atoms with E-state index in [1.807, 2.05) is 60.9 Å². The monoisotopic (exact) mass is 496 g/mol. The summed E-state index contributed by atoms with van der Waals surface area (Å²) in [7, 11) is 0. The average Bonchev–Trinajstić information content (AvgIpc) is 3.20. The number of rotatable bonds is 7. The minimum Gasteiger partial charge on any atom is -0.325 e. The lowest BCUT2D eigenvalue weighted by molar-refractivity contribution is -0.137. The highest BCUT2D eigenvalue weighted by molar-refractivity contribution is 7.99. The quantitative estimate of drug-likeness (QED) is 0.309. The highest BCUT2D eigenvalue weighted by Gasteiger charge is 2.33. The average molecular weight is 497 g/mol. The molecule has 0 aliphatic rings. The van der Waals surface area contributed by atoms with Crippen LogP contribution in [0.25, 0.3) is 5.69 Å². The molecule has 3 aromatic carbocycles. The number of anilines is 1. The van der Waals surface area contributed by atoms with Crippen molar-refractivity contribution in [2.75, 3.05) is 11.1 Å². The Kier molecular flexibility index (Phi) is 7.25. The van der Waals surface area contributed by atoms with Gasteiger partial charge in [0.05, 0.1) is 22.7 Å². The van der Waals surface area contributed by atoms with E-state index < -0.39 is 17.6 Å². The Morgan fingerprint density at radius 2 is 1.69 bits per heavy atom. The summed E-state index contributed by atoms with van der Waals surface area (Å²) in [6.07, 6.45) is -4.03. The van der Waals surface area contributed by atoms with Crippen LogP contribution in [0.5, 0.6) is 0 Å². The lowest BCUT2D eigenvalue weighted by Gasteiger charge is -2.15. The Morgan fingerprint density at radius 1 is 0.971 bits per heavy atom. The number of benzene rings is 3. The molecular weight excluding hydrogens is 473 g/mol. The van der Waals surface area contributed by atoms with Crippen LogP contribution in [0.2, 0.25) is 0 Å². The first-order valence-corrected chi connectivity index (χ1v) is 11.9. The largest absolute Gasteiger partial charge is 0.418 e. The first-order valence-electron chi connectivity index (χ1n) is 10.9. The summed E-state index contributed by atoms with van der Waals surface area (Å²) >= 11 is 1.12. The third-order valence-electron chi connectivity index (χ3n) is 5.34. The molecule has 0 unspecified atom stereocenters. The number of para-hydroxylation sites is 1. The van der Waals surface area contributed by atoms with E-state index in [0.717, 1.165) is 40.2 Å². The molecule has 0 bridgehead atoms. The maximum atomic E-state index is 13.3. The third-order valence-corrected chi connectivity index (χ3v) is 6.27. The molecule has 1 heterocycles. The lowest BCUT2D eigenvalue weighted by atomic mass is 10.1. The minimum atomic E-state index is -4.56. The van der Waals surface area contributed by atoms with Crippen LogP contribution in [0.3, 0.4) is 0 Å². The predicted molar refractivity (Wildman–Crippen MR) is 131 cm³/mol. The molecule has 0 atom stereocenters. The summed E-state index contributed by atoms with van der Waals surface area (Å²) in [4.78, 5) is 12.6. The highest BCUT2D eigenvalue weighted by Crippen LogP contribution is 2.34. The Balaban J connectivity index is 1.59. The van der Waals surface area contributed by atoms with Gasteiger partial charge in [-0.2, -0.15) is 13.2 Å². The highest BCUT2D eigenvalue weighted by atomic mass is 32.2. The fourth-order valence-corrected chi connectivity index (χ4v) is 4.50. The van der Waals surface area contributed by atoms with Crippen molar-refractivity contribution in [1.29, 1.82) is 0 Å². The molecule has 4 aromatic rings. The second-order valence-electron chi connectivity index (χ2n) is 8.07. The molecule has 0 aliphatic carbocycles. The number of aryl methyl sites for hydroxylation is 2. The number of alkyl halides is 3. The van der Waals surface area contributed by atoms with Crippen molar-refractivity contribution in [3.63, 3.8) is 0 Å². The van der Waals surface area contributed by atoms with E-state index in [4.69, 9.17) is 0 Å². The number of hydrogen-bond donors (Lipinski definition) is 1. The van der Waals surface area contributed by atoms with Crippen LogP contribution in [0, 0.1) is 13.8 Å². The van der Waals surface area contributed by atoms with Crippen molar-refractivity contribution in [2.24, 2.45) is 0 Å². The summed E-state index contributed by atoms with van der Waals surface area (Å²) in [5.41, 5.74) is 2.92. The van der Waals surface area contributed by atoms with E-state index in [-0.39, 0.29) is 11.4 Å². The van der Waals surface area contributed by atoms with Crippen molar-refractivity contribution in [2.45, 2.75) is 31.6 Å².